The summed E-state index contributed by atoms with van der Waals surface area (Å²) >= 11 is 0. The van der Waals surface area contributed by atoms with Crippen LogP contribution in [0, 0.1) is 0 Å². The van der Waals surface area contributed by atoms with Crippen molar-refractivity contribution in [1.29, 1.82) is 0 Å². The van der Waals surface area contributed by atoms with Gasteiger partial charge >= 0.3 is 0 Å². The molecule has 55 heavy (non-hydrogen) atoms. The fourth-order valence-electron chi connectivity index (χ4n) is 10.7. The summed E-state index contributed by atoms with van der Waals surface area (Å²) in [5.41, 5.74) is 4.25. The van der Waals surface area contributed by atoms with Gasteiger partial charge in [-0.25, -0.2) is 4.98 Å². The van der Waals surface area contributed by atoms with Gasteiger partial charge in [0.05, 0.1) is 44.7 Å². The van der Waals surface area contributed by atoms with E-state index in [1.807, 2.05) is 18.2 Å². The van der Waals surface area contributed by atoms with Gasteiger partial charge in [0.25, 0.3) is 0 Å². The molecular weight excluding hydrogens is 731 g/mol. The van der Waals surface area contributed by atoms with Crippen LogP contribution in [0.3, 0.4) is 0 Å². The van der Waals surface area contributed by atoms with Gasteiger partial charge in [0, 0.05) is 32.1 Å². The van der Waals surface area contributed by atoms with Crippen molar-refractivity contribution in [3.8, 4) is 0 Å². The minimum absolute atomic E-state index is 0.228. The quantitative estimate of drug-likeness (QED) is 0.146. The van der Waals surface area contributed by atoms with E-state index < -0.39 is 40.4 Å². The molecule has 0 aliphatic carbocycles. The number of aromatic nitrogens is 1. The van der Waals surface area contributed by atoms with E-state index in [0.717, 1.165) is 5.56 Å². The highest BCUT2D eigenvalue weighted by Gasteiger charge is 2.53. The topological polar surface area (TPSA) is 111 Å². The van der Waals surface area contributed by atoms with Crippen molar-refractivity contribution in [1.82, 2.24) is 4.98 Å². The average molecular weight is 804 g/mol. The van der Waals surface area contributed by atoms with Gasteiger partial charge in [-0.2, -0.15) is 0 Å². The third-order valence-electron chi connectivity index (χ3n) is 12.8. The van der Waals surface area contributed by atoms with E-state index in [1.54, 1.807) is 6.26 Å². The van der Waals surface area contributed by atoms with Crippen LogP contribution in [0.1, 0.15) is 138 Å². The zero-order valence-corrected chi connectivity index (χ0v) is 38.0. The Morgan fingerprint density at radius 1 is 0.764 bits per heavy atom. The van der Waals surface area contributed by atoms with E-state index >= 15 is 0 Å². The molecule has 1 N–H and O–H groups in total. The molecule has 10 nitrogen and oxygen atoms in total. The summed E-state index contributed by atoms with van der Waals surface area (Å²) in [5, 5.41) is 12.6. The summed E-state index contributed by atoms with van der Waals surface area (Å²) < 4.78 is 52.4. The molecule has 3 aliphatic rings. The Morgan fingerprint density at radius 3 is 1.93 bits per heavy atom. The molecule has 0 bridgehead atoms. The van der Waals surface area contributed by atoms with Gasteiger partial charge in [0.1, 0.15) is 24.7 Å². The van der Waals surface area contributed by atoms with E-state index in [9.17, 15) is 5.11 Å². The van der Waals surface area contributed by atoms with Crippen molar-refractivity contribution in [2.45, 2.75) is 198 Å². The summed E-state index contributed by atoms with van der Waals surface area (Å²) in [7, 11) is -4.45. The Kier molecular flexibility index (Phi) is 15.1. The third-order valence-corrected chi connectivity index (χ3v) is 25.0. The molecular formula is C43H73NO9Si2. The Hall–Kier alpha value is -1.46. The summed E-state index contributed by atoms with van der Waals surface area (Å²) in [6.45, 7) is 29.7. The summed E-state index contributed by atoms with van der Waals surface area (Å²) in [6, 6.07) is 10.1. The van der Waals surface area contributed by atoms with Crippen molar-refractivity contribution in [3.63, 3.8) is 0 Å². The molecule has 1 aromatic carbocycles. The fourth-order valence-corrected chi connectivity index (χ4v) is 21.6. The van der Waals surface area contributed by atoms with Crippen molar-refractivity contribution in [2.75, 3.05) is 19.8 Å². The number of oxazole rings is 1. The molecule has 12 heteroatoms. The molecule has 0 saturated carbocycles. The van der Waals surface area contributed by atoms with Gasteiger partial charge in [-0.05, 0) is 38.8 Å². The number of benzene rings is 1. The lowest BCUT2D eigenvalue weighted by atomic mass is 9.88. The number of hydrogen-bond acceptors (Lipinski definition) is 10. The molecule has 3 saturated heterocycles. The molecule has 5 rings (SSSR count). The van der Waals surface area contributed by atoms with Gasteiger partial charge in [-0.3, -0.25) is 0 Å². The van der Waals surface area contributed by atoms with Crippen LogP contribution >= 0.6 is 0 Å². The molecule has 0 unspecified atom stereocenters. The number of ether oxygens (including phenoxy) is 5. The predicted octanol–water partition coefficient (Wildman–Crippen LogP) is 10.4. The summed E-state index contributed by atoms with van der Waals surface area (Å²) in [4.78, 5) is 4.95. The third kappa shape index (κ3) is 10.2. The van der Waals surface area contributed by atoms with Crippen LogP contribution in [-0.4, -0.2) is 76.4 Å². The molecule has 1 aromatic heterocycles. The van der Waals surface area contributed by atoms with Gasteiger partial charge in [-0.15, -0.1) is 0 Å². The Balaban J connectivity index is 1.39. The fraction of sp³-hybridized carbons (Fsp3) is 0.791. The monoisotopic (exact) mass is 803 g/mol. The minimum atomic E-state index is -2.32. The van der Waals surface area contributed by atoms with Crippen LogP contribution in [0.25, 0.3) is 0 Å². The van der Waals surface area contributed by atoms with Crippen LogP contribution in [0.15, 0.2) is 41.0 Å². The normalized spacial score (nSPS) is 26.5. The summed E-state index contributed by atoms with van der Waals surface area (Å²) in [6.07, 6.45) is 2.41. The average Bonchev–Trinajstić information content (AvgIpc) is 3.76. The lowest BCUT2D eigenvalue weighted by molar-refractivity contribution is -0.304. The van der Waals surface area contributed by atoms with E-state index in [1.165, 1.54) is 0 Å². The molecule has 3 fully saturated rings. The molecule has 312 valence electrons. The number of rotatable bonds is 18. The second-order valence-corrected chi connectivity index (χ2v) is 29.3. The lowest BCUT2D eigenvalue weighted by Crippen LogP contribution is -2.55. The van der Waals surface area contributed by atoms with Crippen LogP contribution in [0.2, 0.25) is 33.2 Å². The minimum Gasteiger partial charge on any atom is -0.446 e. The lowest BCUT2D eigenvalue weighted by Gasteiger charge is -2.49. The van der Waals surface area contributed by atoms with Gasteiger partial charge in [0.2, 0.25) is 22.5 Å². The summed E-state index contributed by atoms with van der Waals surface area (Å²) in [5.74, 6) is -1.80. The van der Waals surface area contributed by atoms with E-state index in [4.69, 9.17) is 41.9 Å². The second-order valence-electron chi connectivity index (χ2n) is 18.4. The van der Waals surface area contributed by atoms with Crippen LogP contribution < -0.4 is 0 Å². The molecule has 1 spiro atoms. The van der Waals surface area contributed by atoms with Crippen molar-refractivity contribution in [3.05, 3.63) is 53.7 Å². The maximum absolute atomic E-state index is 12.6. The van der Waals surface area contributed by atoms with Crippen LogP contribution in [0.4, 0.5) is 0 Å². The zero-order chi connectivity index (χ0) is 40.2. The predicted molar refractivity (Wildman–Crippen MR) is 220 cm³/mol. The van der Waals surface area contributed by atoms with Gasteiger partial charge in [-0.1, -0.05) is 113 Å². The Labute approximate surface area is 333 Å². The van der Waals surface area contributed by atoms with Crippen molar-refractivity contribution >= 4 is 16.6 Å². The standard InChI is InChI=1S/C43H73NO9Si2/c1-29(2)54(30(3)4,31(5)6)50-28-41-44-39(27-47-41)40-20-36(53-55(32(7)8,33(9)10)34(11)12)21-42(45,52-40)22-37-23-43(48-18-19-49-43)24-38(51-37)26-46-25-35-16-14-13-15-17-35/h13-17,27,29-34,36-38,40,45H,18-26,28H2,1-12H3/t36-,37+,38-,40-,42+/m1/s1. The van der Waals surface area contributed by atoms with Crippen molar-refractivity contribution in [2.24, 2.45) is 0 Å². The first-order chi connectivity index (χ1) is 25.9. The first-order valence-electron chi connectivity index (χ1n) is 21.1. The molecule has 5 atom stereocenters. The Bertz CT molecular complexity index is 1420. The molecule has 0 radical (unpaired) electrons. The van der Waals surface area contributed by atoms with Crippen molar-refractivity contribution < 1.29 is 42.1 Å². The Morgan fingerprint density at radius 2 is 1.35 bits per heavy atom. The van der Waals surface area contributed by atoms with Gasteiger partial charge < -0.3 is 42.1 Å². The smallest absolute Gasteiger partial charge is 0.219 e. The highest BCUT2D eigenvalue weighted by molar-refractivity contribution is 6.78. The molecule has 2 aromatic rings. The molecule has 4 heterocycles. The highest BCUT2D eigenvalue weighted by atomic mass is 28.4. The van der Waals surface area contributed by atoms with Crippen LogP contribution in [-0.2, 0) is 45.8 Å². The first kappa shape index (κ1) is 44.6. The zero-order valence-electron chi connectivity index (χ0n) is 36.0. The van der Waals surface area contributed by atoms with Crippen LogP contribution in [0.5, 0.6) is 0 Å². The van der Waals surface area contributed by atoms with Gasteiger partial charge in [0.15, 0.2) is 11.6 Å². The van der Waals surface area contributed by atoms with E-state index in [-0.39, 0.29) is 18.6 Å². The van der Waals surface area contributed by atoms with E-state index in [0.29, 0.717) is 104 Å². The maximum atomic E-state index is 12.6. The number of hydrogen-bond donors (Lipinski definition) is 1. The first-order valence-corrected chi connectivity index (χ1v) is 25.4. The number of nitrogens with zero attached hydrogens (tertiary/aromatic N) is 1. The second kappa shape index (κ2) is 18.6. The number of aliphatic hydroxyl groups is 1. The van der Waals surface area contributed by atoms with E-state index in [2.05, 4.69) is 95.2 Å². The highest BCUT2D eigenvalue weighted by Crippen LogP contribution is 2.49. The maximum Gasteiger partial charge on any atom is 0.219 e. The largest absolute Gasteiger partial charge is 0.446 e. The molecule has 3 aliphatic heterocycles. The molecule has 0 amide bonds. The SMILES string of the molecule is CC(C)[Si](OCc1nc([C@H]2C[C@@H](O[Si](C(C)C)(C(C)C)C(C)C)C[C@@](O)(C[C@H]3CC4(C[C@H](COCc5ccccc5)O3)OCCO4)O2)co1)(C(C)C)C(C)C.